The number of hydrogen-bond acceptors (Lipinski definition) is 4. The van der Waals surface area contributed by atoms with Crippen molar-refractivity contribution in [2.45, 2.75) is 19.1 Å². The predicted octanol–water partition coefficient (Wildman–Crippen LogP) is 2.56. The molecule has 2 aromatic rings. The Kier molecular flexibility index (Phi) is 4.69. The van der Waals surface area contributed by atoms with Gasteiger partial charge in [0.1, 0.15) is 11.9 Å². The molecule has 0 aliphatic heterocycles. The SMILES string of the molecule is CCOc1ccc2ccccc2c1C(O)C(O)CS. The fraction of sp³-hybridized carbons (Fsp3) is 0.333. The van der Waals surface area contributed by atoms with Gasteiger partial charge < -0.3 is 14.9 Å². The molecule has 102 valence electrons. The average Bonchev–Trinajstić information content (AvgIpc) is 2.45. The third-order valence-corrected chi connectivity index (χ3v) is 3.45. The Morgan fingerprint density at radius 1 is 1.16 bits per heavy atom. The minimum atomic E-state index is -1.01. The quantitative estimate of drug-likeness (QED) is 0.737. The zero-order valence-corrected chi connectivity index (χ0v) is 11.7. The number of benzene rings is 2. The Hall–Kier alpha value is -1.23. The summed E-state index contributed by atoms with van der Waals surface area (Å²) in [5, 5.41) is 22.1. The van der Waals surface area contributed by atoms with Crippen molar-refractivity contribution in [1.29, 1.82) is 0 Å². The molecule has 0 aliphatic carbocycles. The van der Waals surface area contributed by atoms with Gasteiger partial charge in [0.2, 0.25) is 0 Å². The second kappa shape index (κ2) is 6.28. The molecule has 2 unspecified atom stereocenters. The smallest absolute Gasteiger partial charge is 0.125 e. The van der Waals surface area contributed by atoms with Gasteiger partial charge in [0.25, 0.3) is 0 Å². The molecule has 0 saturated carbocycles. The second-order valence-electron chi connectivity index (χ2n) is 4.33. The lowest BCUT2D eigenvalue weighted by Crippen LogP contribution is -2.20. The fourth-order valence-corrected chi connectivity index (χ4v) is 2.35. The van der Waals surface area contributed by atoms with E-state index < -0.39 is 12.2 Å². The van der Waals surface area contributed by atoms with Crippen molar-refractivity contribution >= 4 is 23.4 Å². The fourth-order valence-electron chi connectivity index (χ4n) is 2.15. The molecule has 2 atom stereocenters. The van der Waals surface area contributed by atoms with Gasteiger partial charge in [-0.05, 0) is 23.8 Å². The molecular weight excluding hydrogens is 260 g/mol. The molecule has 19 heavy (non-hydrogen) atoms. The summed E-state index contributed by atoms with van der Waals surface area (Å²) in [7, 11) is 0. The summed E-state index contributed by atoms with van der Waals surface area (Å²) in [5.74, 6) is 0.796. The molecule has 0 spiro atoms. The lowest BCUT2D eigenvalue weighted by molar-refractivity contribution is 0.0329. The van der Waals surface area contributed by atoms with Crippen LogP contribution in [0.5, 0.6) is 5.75 Å². The molecule has 2 aromatic carbocycles. The number of ether oxygens (including phenoxy) is 1. The molecule has 0 fully saturated rings. The number of aliphatic hydroxyl groups is 2. The maximum Gasteiger partial charge on any atom is 0.125 e. The Morgan fingerprint density at radius 2 is 1.89 bits per heavy atom. The van der Waals surface area contributed by atoms with Crippen molar-refractivity contribution in [1.82, 2.24) is 0 Å². The first-order valence-corrected chi connectivity index (χ1v) is 6.93. The molecular formula is C15H18O3S. The van der Waals surface area contributed by atoms with E-state index in [0.717, 1.165) is 10.8 Å². The van der Waals surface area contributed by atoms with E-state index in [0.29, 0.717) is 17.9 Å². The third-order valence-electron chi connectivity index (χ3n) is 3.08. The van der Waals surface area contributed by atoms with Crippen molar-refractivity contribution < 1.29 is 14.9 Å². The third kappa shape index (κ3) is 2.86. The molecule has 0 bridgehead atoms. The zero-order valence-electron chi connectivity index (χ0n) is 10.8. The molecule has 0 heterocycles. The monoisotopic (exact) mass is 278 g/mol. The summed E-state index contributed by atoms with van der Waals surface area (Å²) < 4.78 is 5.56. The summed E-state index contributed by atoms with van der Waals surface area (Å²) in [6, 6.07) is 11.5. The van der Waals surface area contributed by atoms with Gasteiger partial charge in [-0.2, -0.15) is 12.6 Å². The van der Waals surface area contributed by atoms with Gasteiger partial charge >= 0.3 is 0 Å². The van der Waals surface area contributed by atoms with Crippen LogP contribution in [0.3, 0.4) is 0 Å². The predicted molar refractivity (Wildman–Crippen MR) is 79.9 cm³/mol. The summed E-state index contributed by atoms with van der Waals surface area (Å²) in [4.78, 5) is 0. The van der Waals surface area contributed by atoms with Gasteiger partial charge in [-0.15, -0.1) is 0 Å². The van der Waals surface area contributed by atoms with E-state index in [9.17, 15) is 10.2 Å². The Morgan fingerprint density at radius 3 is 2.58 bits per heavy atom. The minimum absolute atomic E-state index is 0.190. The highest BCUT2D eigenvalue weighted by Gasteiger charge is 2.23. The van der Waals surface area contributed by atoms with Gasteiger partial charge in [-0.3, -0.25) is 0 Å². The van der Waals surface area contributed by atoms with Crippen LogP contribution in [0, 0.1) is 0 Å². The van der Waals surface area contributed by atoms with Crippen molar-refractivity contribution in [2.75, 3.05) is 12.4 Å². The van der Waals surface area contributed by atoms with Crippen LogP contribution in [0.2, 0.25) is 0 Å². The minimum Gasteiger partial charge on any atom is -0.493 e. The number of thiol groups is 1. The summed E-state index contributed by atoms with van der Waals surface area (Å²) in [6.45, 7) is 2.40. The van der Waals surface area contributed by atoms with E-state index in [1.165, 1.54) is 0 Å². The Labute approximate surface area is 118 Å². The molecule has 2 rings (SSSR count). The van der Waals surface area contributed by atoms with E-state index in [1.807, 2.05) is 43.3 Å². The van der Waals surface area contributed by atoms with Gasteiger partial charge in [-0.1, -0.05) is 30.3 Å². The maximum atomic E-state index is 10.3. The van der Waals surface area contributed by atoms with E-state index >= 15 is 0 Å². The standard InChI is InChI=1S/C15H18O3S/c1-2-18-13-8-7-10-5-3-4-6-11(10)14(13)15(17)12(16)9-19/h3-8,12,15-17,19H,2,9H2,1H3. The van der Waals surface area contributed by atoms with Crippen LogP contribution in [0.1, 0.15) is 18.6 Å². The van der Waals surface area contributed by atoms with Crippen LogP contribution in [-0.4, -0.2) is 28.7 Å². The lowest BCUT2D eigenvalue weighted by atomic mass is 9.96. The summed E-state index contributed by atoms with van der Waals surface area (Å²) >= 11 is 4.03. The van der Waals surface area contributed by atoms with E-state index in [2.05, 4.69) is 12.6 Å². The number of fused-ring (bicyclic) bond motifs is 1. The summed E-state index contributed by atoms with van der Waals surface area (Å²) in [5.41, 5.74) is 0.626. The highest BCUT2D eigenvalue weighted by molar-refractivity contribution is 7.80. The molecule has 4 heteroatoms. The average molecular weight is 278 g/mol. The molecule has 0 saturated heterocycles. The van der Waals surface area contributed by atoms with Gasteiger partial charge in [-0.25, -0.2) is 0 Å². The van der Waals surface area contributed by atoms with Gasteiger partial charge in [0.15, 0.2) is 0 Å². The number of rotatable bonds is 5. The molecule has 3 nitrogen and oxygen atoms in total. The first-order valence-electron chi connectivity index (χ1n) is 6.30. The maximum absolute atomic E-state index is 10.3. The normalized spacial score (nSPS) is 14.3. The Balaban J connectivity index is 2.61. The second-order valence-corrected chi connectivity index (χ2v) is 4.69. The Bertz CT molecular complexity index is 556. The lowest BCUT2D eigenvalue weighted by Gasteiger charge is -2.21. The number of aliphatic hydroxyl groups excluding tert-OH is 2. The van der Waals surface area contributed by atoms with Crippen LogP contribution in [0.25, 0.3) is 10.8 Å². The molecule has 0 amide bonds. The van der Waals surface area contributed by atoms with Crippen LogP contribution in [0.15, 0.2) is 36.4 Å². The molecule has 2 N–H and O–H groups in total. The van der Waals surface area contributed by atoms with Gasteiger partial charge in [0, 0.05) is 11.3 Å². The van der Waals surface area contributed by atoms with Crippen LogP contribution >= 0.6 is 12.6 Å². The van der Waals surface area contributed by atoms with E-state index in [4.69, 9.17) is 4.74 Å². The van der Waals surface area contributed by atoms with E-state index in [1.54, 1.807) is 0 Å². The largest absolute Gasteiger partial charge is 0.493 e. The van der Waals surface area contributed by atoms with Crippen molar-refractivity contribution in [3.05, 3.63) is 42.0 Å². The first-order chi connectivity index (χ1) is 9.19. The highest BCUT2D eigenvalue weighted by atomic mass is 32.1. The van der Waals surface area contributed by atoms with E-state index in [-0.39, 0.29) is 5.75 Å². The molecule has 0 radical (unpaired) electrons. The van der Waals surface area contributed by atoms with Crippen LogP contribution in [0.4, 0.5) is 0 Å². The zero-order chi connectivity index (χ0) is 13.8. The van der Waals surface area contributed by atoms with Crippen molar-refractivity contribution in [3.8, 4) is 5.75 Å². The van der Waals surface area contributed by atoms with Crippen molar-refractivity contribution in [3.63, 3.8) is 0 Å². The van der Waals surface area contributed by atoms with Crippen LogP contribution < -0.4 is 4.74 Å². The summed E-state index contributed by atoms with van der Waals surface area (Å²) in [6.07, 6.45) is -1.93. The first kappa shape index (κ1) is 14.2. The topological polar surface area (TPSA) is 49.7 Å². The van der Waals surface area contributed by atoms with Crippen LogP contribution in [-0.2, 0) is 0 Å². The molecule has 0 aromatic heterocycles. The molecule has 0 aliphatic rings. The van der Waals surface area contributed by atoms with Gasteiger partial charge in [0.05, 0.1) is 12.7 Å². The number of hydrogen-bond donors (Lipinski definition) is 3. The highest BCUT2D eigenvalue weighted by Crippen LogP contribution is 2.34. The van der Waals surface area contributed by atoms with Crippen molar-refractivity contribution in [2.24, 2.45) is 0 Å².